The Kier molecular flexibility index (Phi) is 4.40. The van der Waals surface area contributed by atoms with E-state index in [1.807, 2.05) is 6.92 Å². The van der Waals surface area contributed by atoms with E-state index in [2.05, 4.69) is 10.6 Å². The van der Waals surface area contributed by atoms with E-state index in [0.29, 0.717) is 31.0 Å². The Morgan fingerprint density at radius 1 is 1.41 bits per heavy atom. The van der Waals surface area contributed by atoms with Crippen LogP contribution in [0.5, 0.6) is 0 Å². The fourth-order valence-corrected chi connectivity index (χ4v) is 3.02. The third-order valence-electron chi connectivity index (χ3n) is 4.03. The molecule has 0 radical (unpaired) electrons. The smallest absolute Gasteiger partial charge is 0.220 e. The minimum atomic E-state index is 0.100. The molecule has 98 valence electrons. The van der Waals surface area contributed by atoms with Crippen molar-refractivity contribution in [2.75, 3.05) is 13.7 Å². The molecule has 2 fully saturated rings. The summed E-state index contributed by atoms with van der Waals surface area (Å²) in [6.45, 7) is 2.58. The first-order valence-corrected chi connectivity index (χ1v) is 6.73. The van der Waals surface area contributed by atoms with E-state index < -0.39 is 0 Å². The van der Waals surface area contributed by atoms with E-state index in [-0.39, 0.29) is 12.0 Å². The van der Waals surface area contributed by atoms with Crippen molar-refractivity contribution in [1.29, 1.82) is 0 Å². The van der Waals surface area contributed by atoms with Crippen molar-refractivity contribution < 1.29 is 9.53 Å². The molecule has 2 bridgehead atoms. The Labute approximate surface area is 103 Å². The largest absolute Gasteiger partial charge is 0.380 e. The molecule has 2 aliphatic rings. The zero-order valence-corrected chi connectivity index (χ0v) is 10.9. The van der Waals surface area contributed by atoms with Crippen LogP contribution in [0.3, 0.4) is 0 Å². The Morgan fingerprint density at radius 3 is 2.65 bits per heavy atom. The number of hydrogen-bond donors (Lipinski definition) is 2. The van der Waals surface area contributed by atoms with E-state index in [1.165, 1.54) is 25.7 Å². The minimum absolute atomic E-state index is 0.100. The molecule has 0 aliphatic carbocycles. The van der Waals surface area contributed by atoms with Crippen molar-refractivity contribution in [3.63, 3.8) is 0 Å². The van der Waals surface area contributed by atoms with Crippen LogP contribution < -0.4 is 10.6 Å². The molecule has 0 aromatic rings. The van der Waals surface area contributed by atoms with Crippen molar-refractivity contribution in [2.24, 2.45) is 5.92 Å². The molecule has 2 N–H and O–H groups in total. The van der Waals surface area contributed by atoms with Crippen LogP contribution in [-0.4, -0.2) is 37.7 Å². The molecule has 4 nitrogen and oxygen atoms in total. The van der Waals surface area contributed by atoms with Gasteiger partial charge in [0, 0.05) is 32.2 Å². The second kappa shape index (κ2) is 5.83. The van der Waals surface area contributed by atoms with Gasteiger partial charge in [-0.25, -0.2) is 0 Å². The molecule has 2 saturated heterocycles. The first-order chi connectivity index (χ1) is 8.17. The second-order valence-corrected chi connectivity index (χ2v) is 5.53. The molecular weight excluding hydrogens is 216 g/mol. The first-order valence-electron chi connectivity index (χ1n) is 6.73. The van der Waals surface area contributed by atoms with Gasteiger partial charge in [-0.2, -0.15) is 0 Å². The van der Waals surface area contributed by atoms with Crippen LogP contribution in [0, 0.1) is 5.92 Å². The average Bonchev–Trinajstić information content (AvgIpc) is 2.65. The topological polar surface area (TPSA) is 50.4 Å². The molecule has 0 spiro atoms. The fourth-order valence-electron chi connectivity index (χ4n) is 3.02. The summed E-state index contributed by atoms with van der Waals surface area (Å²) < 4.78 is 5.11. The lowest BCUT2D eigenvalue weighted by Crippen LogP contribution is -2.40. The maximum atomic E-state index is 11.8. The molecule has 0 aromatic carbocycles. The molecule has 2 rings (SSSR count). The highest BCUT2D eigenvalue weighted by atomic mass is 16.5. The normalized spacial score (nSPS) is 33.4. The summed E-state index contributed by atoms with van der Waals surface area (Å²) in [4.78, 5) is 11.8. The summed E-state index contributed by atoms with van der Waals surface area (Å²) in [7, 11) is 1.67. The third-order valence-corrected chi connectivity index (χ3v) is 4.03. The average molecular weight is 240 g/mol. The van der Waals surface area contributed by atoms with Gasteiger partial charge >= 0.3 is 0 Å². The standard InChI is InChI=1S/C13H24N2O2/c1-9(17-2)8-14-13(16)7-10-5-11-3-4-12(6-10)15-11/h9-12,15H,3-8H2,1-2H3,(H,14,16). The number of carbonyl (C=O) groups is 1. The number of hydrogen-bond acceptors (Lipinski definition) is 3. The lowest BCUT2D eigenvalue weighted by atomic mass is 9.89. The van der Waals surface area contributed by atoms with E-state index in [1.54, 1.807) is 7.11 Å². The summed E-state index contributed by atoms with van der Waals surface area (Å²) in [5.74, 6) is 0.756. The van der Waals surface area contributed by atoms with Crippen LogP contribution in [0.15, 0.2) is 0 Å². The maximum Gasteiger partial charge on any atom is 0.220 e. The van der Waals surface area contributed by atoms with Crippen LogP contribution in [-0.2, 0) is 9.53 Å². The number of piperidine rings is 1. The minimum Gasteiger partial charge on any atom is -0.380 e. The monoisotopic (exact) mass is 240 g/mol. The van der Waals surface area contributed by atoms with Gasteiger partial charge in [-0.3, -0.25) is 4.79 Å². The van der Waals surface area contributed by atoms with Crippen molar-refractivity contribution in [1.82, 2.24) is 10.6 Å². The van der Waals surface area contributed by atoms with Gasteiger partial charge in [0.05, 0.1) is 6.10 Å². The summed E-state index contributed by atoms with van der Waals surface area (Å²) in [6.07, 6.45) is 5.72. The predicted molar refractivity (Wildman–Crippen MR) is 66.8 cm³/mol. The van der Waals surface area contributed by atoms with Gasteiger partial charge in [0.2, 0.25) is 5.91 Å². The number of ether oxygens (including phenoxy) is 1. The van der Waals surface area contributed by atoms with Crippen LogP contribution in [0.2, 0.25) is 0 Å². The Hall–Kier alpha value is -0.610. The van der Waals surface area contributed by atoms with Gasteiger partial charge in [0.1, 0.15) is 0 Å². The summed E-state index contributed by atoms with van der Waals surface area (Å²) in [6, 6.07) is 1.34. The predicted octanol–water partition coefficient (Wildman–Crippen LogP) is 1.06. The van der Waals surface area contributed by atoms with Crippen LogP contribution >= 0.6 is 0 Å². The molecule has 17 heavy (non-hydrogen) atoms. The Balaban J connectivity index is 1.68. The van der Waals surface area contributed by atoms with Crippen LogP contribution in [0.25, 0.3) is 0 Å². The molecule has 3 unspecified atom stereocenters. The molecule has 3 atom stereocenters. The number of amides is 1. The number of methoxy groups -OCH3 is 1. The van der Waals surface area contributed by atoms with E-state index >= 15 is 0 Å². The summed E-state index contributed by atoms with van der Waals surface area (Å²) >= 11 is 0. The SMILES string of the molecule is COC(C)CNC(=O)CC1CC2CCC(C1)N2. The first kappa shape index (κ1) is 12.8. The second-order valence-electron chi connectivity index (χ2n) is 5.53. The zero-order valence-electron chi connectivity index (χ0n) is 10.9. The van der Waals surface area contributed by atoms with Gasteiger partial charge < -0.3 is 15.4 Å². The lowest BCUT2D eigenvalue weighted by molar-refractivity contribution is -0.122. The molecule has 2 aliphatic heterocycles. The highest BCUT2D eigenvalue weighted by Crippen LogP contribution is 2.32. The third kappa shape index (κ3) is 3.68. The van der Waals surface area contributed by atoms with Crippen molar-refractivity contribution >= 4 is 5.91 Å². The molecule has 2 heterocycles. The van der Waals surface area contributed by atoms with Gasteiger partial charge in [0.25, 0.3) is 0 Å². The lowest BCUT2D eigenvalue weighted by Gasteiger charge is -2.28. The molecule has 1 amide bonds. The maximum absolute atomic E-state index is 11.8. The summed E-state index contributed by atoms with van der Waals surface area (Å²) in [5, 5.41) is 6.55. The van der Waals surface area contributed by atoms with Gasteiger partial charge in [0.15, 0.2) is 0 Å². The van der Waals surface area contributed by atoms with Gasteiger partial charge in [-0.1, -0.05) is 0 Å². The molecule has 0 saturated carbocycles. The fraction of sp³-hybridized carbons (Fsp3) is 0.923. The van der Waals surface area contributed by atoms with E-state index in [4.69, 9.17) is 4.74 Å². The molecule has 0 aromatic heterocycles. The van der Waals surface area contributed by atoms with Crippen molar-refractivity contribution in [3.05, 3.63) is 0 Å². The zero-order chi connectivity index (χ0) is 12.3. The quantitative estimate of drug-likeness (QED) is 0.755. The van der Waals surface area contributed by atoms with Crippen LogP contribution in [0.4, 0.5) is 0 Å². The number of carbonyl (C=O) groups excluding carboxylic acids is 1. The Morgan fingerprint density at radius 2 is 2.06 bits per heavy atom. The van der Waals surface area contributed by atoms with E-state index in [0.717, 1.165) is 0 Å². The van der Waals surface area contributed by atoms with E-state index in [9.17, 15) is 4.79 Å². The Bertz CT molecular complexity index is 258. The van der Waals surface area contributed by atoms with Crippen LogP contribution in [0.1, 0.15) is 39.0 Å². The number of fused-ring (bicyclic) bond motifs is 2. The van der Waals surface area contributed by atoms with Crippen molar-refractivity contribution in [2.45, 2.75) is 57.2 Å². The summed E-state index contributed by atoms with van der Waals surface area (Å²) in [5.41, 5.74) is 0. The molecule has 4 heteroatoms. The highest BCUT2D eigenvalue weighted by molar-refractivity contribution is 5.76. The molecular formula is C13H24N2O2. The van der Waals surface area contributed by atoms with Gasteiger partial charge in [-0.05, 0) is 38.5 Å². The van der Waals surface area contributed by atoms with Gasteiger partial charge in [-0.15, -0.1) is 0 Å². The highest BCUT2D eigenvalue weighted by Gasteiger charge is 2.34. The number of rotatable bonds is 5. The number of nitrogens with one attached hydrogen (secondary N) is 2. The van der Waals surface area contributed by atoms with Crippen molar-refractivity contribution in [3.8, 4) is 0 Å².